The van der Waals surface area contributed by atoms with Gasteiger partial charge in [0.1, 0.15) is 5.75 Å². The highest BCUT2D eigenvalue weighted by atomic mass is 19.4. The van der Waals surface area contributed by atoms with E-state index >= 15 is 0 Å². The summed E-state index contributed by atoms with van der Waals surface area (Å²) in [6, 6.07) is 5.00. The zero-order valence-electron chi connectivity index (χ0n) is 13.5. The maximum Gasteiger partial charge on any atom is 0.573 e. The van der Waals surface area contributed by atoms with E-state index in [1.807, 2.05) is 11.2 Å². The lowest BCUT2D eigenvalue weighted by Crippen LogP contribution is -2.48. The van der Waals surface area contributed by atoms with Gasteiger partial charge in [-0.15, -0.1) is 13.2 Å². The molecule has 1 aliphatic rings. The maximum absolute atomic E-state index is 12.1. The van der Waals surface area contributed by atoms with Crippen molar-refractivity contribution < 1.29 is 27.5 Å². The molecule has 1 aliphatic heterocycles. The summed E-state index contributed by atoms with van der Waals surface area (Å²) in [4.78, 5) is 26.4. The van der Waals surface area contributed by atoms with Crippen LogP contribution in [0.2, 0.25) is 0 Å². The molecule has 2 rings (SSSR count). The standard InChI is InChI=1S/C16H19F3N3O3/c17-16(18,19)25-14-4-2-13(3-5-14)20-15(24)12-22-9-7-21(8-10-22)6-1-11-23/h2-5H,1,6-10,12H2,(H,20,24). The number of anilines is 1. The number of piperazine rings is 1. The number of carbonyl (C=O) groups excluding carboxylic acids is 2. The molecular formula is C16H19F3N3O3. The molecule has 0 bridgehead atoms. The highest BCUT2D eigenvalue weighted by Crippen LogP contribution is 2.23. The minimum Gasteiger partial charge on any atom is -0.406 e. The summed E-state index contributed by atoms with van der Waals surface area (Å²) in [6.07, 6.45) is -2.49. The van der Waals surface area contributed by atoms with Gasteiger partial charge in [0.15, 0.2) is 6.29 Å². The normalized spacial score (nSPS) is 16.4. The minimum absolute atomic E-state index is 0.203. The van der Waals surface area contributed by atoms with Gasteiger partial charge in [-0.2, -0.15) is 0 Å². The maximum atomic E-state index is 12.1. The molecule has 1 radical (unpaired) electrons. The largest absolute Gasteiger partial charge is 0.573 e. The molecular weight excluding hydrogens is 339 g/mol. The quantitative estimate of drug-likeness (QED) is 0.803. The van der Waals surface area contributed by atoms with E-state index in [2.05, 4.69) is 15.0 Å². The lowest BCUT2D eigenvalue weighted by atomic mass is 10.2. The van der Waals surface area contributed by atoms with Gasteiger partial charge < -0.3 is 15.0 Å². The van der Waals surface area contributed by atoms with Crippen molar-refractivity contribution in [1.29, 1.82) is 0 Å². The number of hydrogen-bond donors (Lipinski definition) is 1. The number of hydrogen-bond acceptors (Lipinski definition) is 5. The van der Waals surface area contributed by atoms with Gasteiger partial charge in [-0.05, 0) is 24.3 Å². The second kappa shape index (κ2) is 8.82. The highest BCUT2D eigenvalue weighted by Gasteiger charge is 2.31. The molecule has 0 aromatic heterocycles. The Balaban J connectivity index is 1.74. The summed E-state index contributed by atoms with van der Waals surface area (Å²) in [5.41, 5.74) is 0.402. The Morgan fingerprint density at radius 3 is 2.28 bits per heavy atom. The van der Waals surface area contributed by atoms with Gasteiger partial charge in [0, 0.05) is 44.8 Å². The lowest BCUT2D eigenvalue weighted by Gasteiger charge is -2.33. The van der Waals surface area contributed by atoms with Crippen molar-refractivity contribution in [1.82, 2.24) is 9.80 Å². The number of halogens is 3. The molecule has 0 atom stereocenters. The van der Waals surface area contributed by atoms with Crippen LogP contribution in [0.25, 0.3) is 0 Å². The van der Waals surface area contributed by atoms with Crippen LogP contribution in [0.3, 0.4) is 0 Å². The third-order valence-electron chi connectivity index (χ3n) is 3.73. The summed E-state index contributed by atoms with van der Waals surface area (Å²) in [5.74, 6) is -0.576. The molecule has 1 aromatic rings. The Morgan fingerprint density at radius 2 is 1.72 bits per heavy atom. The van der Waals surface area contributed by atoms with Crippen LogP contribution >= 0.6 is 0 Å². The van der Waals surface area contributed by atoms with Crippen molar-refractivity contribution >= 4 is 17.9 Å². The highest BCUT2D eigenvalue weighted by molar-refractivity contribution is 5.92. The van der Waals surface area contributed by atoms with E-state index in [0.29, 0.717) is 31.7 Å². The van der Waals surface area contributed by atoms with E-state index in [9.17, 15) is 22.8 Å². The predicted molar refractivity (Wildman–Crippen MR) is 84.9 cm³/mol. The zero-order valence-corrected chi connectivity index (χ0v) is 13.5. The first kappa shape index (κ1) is 19.2. The molecule has 137 valence electrons. The third-order valence-corrected chi connectivity index (χ3v) is 3.73. The molecule has 1 fully saturated rings. The Morgan fingerprint density at radius 1 is 1.12 bits per heavy atom. The van der Waals surface area contributed by atoms with Crippen LogP contribution < -0.4 is 10.1 Å². The second-order valence-electron chi connectivity index (χ2n) is 5.63. The third kappa shape index (κ3) is 7.10. The van der Waals surface area contributed by atoms with Crippen LogP contribution in [0, 0.1) is 0 Å². The number of nitrogens with one attached hydrogen (secondary N) is 1. The van der Waals surface area contributed by atoms with Crippen molar-refractivity contribution in [2.45, 2.75) is 12.8 Å². The van der Waals surface area contributed by atoms with Gasteiger partial charge in [-0.25, -0.2) is 0 Å². The van der Waals surface area contributed by atoms with Crippen LogP contribution in [0.1, 0.15) is 6.42 Å². The van der Waals surface area contributed by atoms with Crippen LogP contribution in [0.4, 0.5) is 18.9 Å². The smallest absolute Gasteiger partial charge is 0.406 e. The van der Waals surface area contributed by atoms with Crippen molar-refractivity contribution in [3.05, 3.63) is 24.3 Å². The topological polar surface area (TPSA) is 61.9 Å². The van der Waals surface area contributed by atoms with Crippen molar-refractivity contribution in [3.63, 3.8) is 0 Å². The van der Waals surface area contributed by atoms with E-state index in [-0.39, 0.29) is 18.2 Å². The first-order chi connectivity index (χ1) is 11.9. The molecule has 1 N–H and O–H groups in total. The van der Waals surface area contributed by atoms with Crippen molar-refractivity contribution in [2.24, 2.45) is 0 Å². The SMILES string of the molecule is O=[C]CCN1CCN(CC(=O)Nc2ccc(OC(F)(F)F)cc2)CC1. The van der Waals surface area contributed by atoms with Gasteiger partial charge in [0.2, 0.25) is 5.91 Å². The molecule has 1 heterocycles. The first-order valence-electron chi connectivity index (χ1n) is 7.81. The fraction of sp³-hybridized carbons (Fsp3) is 0.500. The number of benzene rings is 1. The monoisotopic (exact) mass is 358 g/mol. The molecule has 1 aromatic carbocycles. The number of amides is 1. The van der Waals surface area contributed by atoms with Gasteiger partial charge in [-0.3, -0.25) is 14.5 Å². The fourth-order valence-corrected chi connectivity index (χ4v) is 2.52. The van der Waals surface area contributed by atoms with Gasteiger partial charge in [-0.1, -0.05) is 0 Å². The first-order valence-corrected chi connectivity index (χ1v) is 7.81. The van der Waals surface area contributed by atoms with Crippen molar-refractivity contribution in [3.8, 4) is 5.75 Å². The average molecular weight is 358 g/mol. The lowest BCUT2D eigenvalue weighted by molar-refractivity contribution is -0.274. The van der Waals surface area contributed by atoms with E-state index in [1.165, 1.54) is 12.1 Å². The predicted octanol–water partition coefficient (Wildman–Crippen LogP) is 1.64. The number of carbonyl (C=O) groups is 1. The Kier molecular flexibility index (Phi) is 6.77. The van der Waals surface area contributed by atoms with E-state index in [1.54, 1.807) is 0 Å². The molecule has 0 spiro atoms. The molecule has 25 heavy (non-hydrogen) atoms. The summed E-state index contributed by atoms with van der Waals surface area (Å²) >= 11 is 0. The van der Waals surface area contributed by atoms with Crippen LogP contribution in [0.15, 0.2) is 24.3 Å². The molecule has 6 nitrogen and oxygen atoms in total. The summed E-state index contributed by atoms with van der Waals surface area (Å²) < 4.78 is 40.0. The molecule has 0 saturated carbocycles. The van der Waals surface area contributed by atoms with Gasteiger partial charge in [0.25, 0.3) is 0 Å². The average Bonchev–Trinajstić information content (AvgIpc) is 2.55. The summed E-state index contributed by atoms with van der Waals surface area (Å²) in [5, 5.41) is 2.64. The van der Waals surface area contributed by atoms with Crippen molar-refractivity contribution in [2.75, 3.05) is 44.6 Å². The van der Waals surface area contributed by atoms with Gasteiger partial charge >= 0.3 is 6.36 Å². The van der Waals surface area contributed by atoms with Gasteiger partial charge in [0.05, 0.1) is 6.54 Å². The van der Waals surface area contributed by atoms with Crippen LogP contribution in [-0.4, -0.2) is 67.6 Å². The molecule has 0 unspecified atom stereocenters. The Labute approximate surface area is 143 Å². The van der Waals surface area contributed by atoms with Crippen LogP contribution in [-0.2, 0) is 9.59 Å². The zero-order chi connectivity index (χ0) is 18.3. The molecule has 0 aliphatic carbocycles. The number of nitrogens with zero attached hydrogens (tertiary/aromatic N) is 2. The number of ether oxygens (including phenoxy) is 1. The number of alkyl halides is 3. The van der Waals surface area contributed by atoms with E-state index < -0.39 is 6.36 Å². The molecule has 1 amide bonds. The van der Waals surface area contributed by atoms with E-state index in [0.717, 1.165) is 25.2 Å². The Bertz CT molecular complexity index is 570. The minimum atomic E-state index is -4.74. The second-order valence-corrected chi connectivity index (χ2v) is 5.63. The number of rotatable bonds is 7. The molecule has 1 saturated heterocycles. The Hall–Kier alpha value is -2.13. The summed E-state index contributed by atoms with van der Waals surface area (Å²) in [6.45, 7) is 3.86. The van der Waals surface area contributed by atoms with Crippen LogP contribution in [0.5, 0.6) is 5.75 Å². The van der Waals surface area contributed by atoms with E-state index in [4.69, 9.17) is 0 Å². The summed E-state index contributed by atoms with van der Waals surface area (Å²) in [7, 11) is 0. The fourth-order valence-electron chi connectivity index (χ4n) is 2.52. The molecule has 9 heteroatoms.